The van der Waals surface area contributed by atoms with Crippen LogP contribution in [0.2, 0.25) is 0 Å². The summed E-state index contributed by atoms with van der Waals surface area (Å²) in [4.78, 5) is 0. The van der Waals surface area contributed by atoms with Gasteiger partial charge in [0.2, 0.25) is 11.8 Å². The maximum Gasteiger partial charge on any atom is 0.416 e. The van der Waals surface area contributed by atoms with Crippen molar-refractivity contribution in [1.82, 2.24) is 4.57 Å². The largest absolute Gasteiger partial charge is 0.494 e. The van der Waals surface area contributed by atoms with Crippen LogP contribution >= 0.6 is 0 Å². The third-order valence-corrected chi connectivity index (χ3v) is 6.10. The lowest BCUT2D eigenvalue weighted by Crippen LogP contribution is -2.22. The van der Waals surface area contributed by atoms with Crippen molar-refractivity contribution in [3.05, 3.63) is 41.0 Å². The summed E-state index contributed by atoms with van der Waals surface area (Å²) < 4.78 is 39.5. The third kappa shape index (κ3) is 1.69. The first-order valence-corrected chi connectivity index (χ1v) is 8.22. The average Bonchev–Trinajstić information content (AvgIpc) is 3.31. The van der Waals surface area contributed by atoms with Gasteiger partial charge in [0.25, 0.3) is 0 Å². The normalized spacial score (nSPS) is 30.1. The Balaban J connectivity index is 1.64. The van der Waals surface area contributed by atoms with Gasteiger partial charge in [-0.15, -0.1) is 0 Å². The Hall–Kier alpha value is -2.11. The second-order valence-electron chi connectivity index (χ2n) is 7.21. The van der Waals surface area contributed by atoms with Gasteiger partial charge in [-0.3, -0.25) is 4.57 Å². The van der Waals surface area contributed by atoms with E-state index in [0.717, 1.165) is 42.5 Å². The minimum Gasteiger partial charge on any atom is -0.494 e. The molecule has 24 heavy (non-hydrogen) atoms. The van der Waals surface area contributed by atoms with Gasteiger partial charge in [-0.05, 0) is 67.2 Å². The fraction of sp³-hybridized carbons (Fsp3) is 0.444. The van der Waals surface area contributed by atoms with E-state index in [9.17, 15) is 23.4 Å². The van der Waals surface area contributed by atoms with E-state index in [1.165, 1.54) is 16.7 Å². The molecule has 2 aromatic rings. The number of fused-ring (bicyclic) bond motifs is 1. The van der Waals surface area contributed by atoms with Crippen LogP contribution in [0.1, 0.15) is 47.8 Å². The van der Waals surface area contributed by atoms with E-state index in [1.54, 1.807) is 0 Å². The van der Waals surface area contributed by atoms with Crippen LogP contribution in [0.5, 0.6) is 11.8 Å². The lowest BCUT2D eigenvalue weighted by molar-refractivity contribution is -0.137. The van der Waals surface area contributed by atoms with Crippen molar-refractivity contribution in [2.24, 2.45) is 11.8 Å². The molecule has 1 aromatic carbocycles. The number of hydrogen-bond donors (Lipinski definition) is 2. The van der Waals surface area contributed by atoms with E-state index in [-0.39, 0.29) is 23.6 Å². The number of nitrogens with zero attached hydrogens (tertiary/aromatic N) is 1. The number of hydrogen-bond acceptors (Lipinski definition) is 2. The van der Waals surface area contributed by atoms with Crippen molar-refractivity contribution in [1.29, 1.82) is 0 Å². The standard InChI is InChI=1S/C18H16F3NO2/c19-18(20,21)8-1-3-9(4-2-8)22-16(23)14-10-5-6-11(13-7-12(10)13)15(14)17(22)24/h1-4,10-13,23-24H,5-7H2/t10-,11+,12+,13-. The molecular formula is C18H16F3NO2. The lowest BCUT2D eigenvalue weighted by atomic mass is 9.68. The highest BCUT2D eigenvalue weighted by Gasteiger charge is 2.58. The third-order valence-electron chi connectivity index (χ3n) is 6.10. The minimum absolute atomic E-state index is 0.0118. The minimum atomic E-state index is -4.40. The van der Waals surface area contributed by atoms with Crippen LogP contribution in [0.3, 0.4) is 0 Å². The van der Waals surface area contributed by atoms with Crippen LogP contribution in [0.15, 0.2) is 24.3 Å². The molecule has 4 aliphatic carbocycles. The molecular weight excluding hydrogens is 319 g/mol. The molecule has 4 atom stereocenters. The molecule has 0 spiro atoms. The van der Waals surface area contributed by atoms with Gasteiger partial charge < -0.3 is 10.2 Å². The molecule has 0 aliphatic heterocycles. The zero-order valence-corrected chi connectivity index (χ0v) is 12.7. The highest BCUT2D eigenvalue weighted by atomic mass is 19.4. The number of aromatic hydroxyl groups is 2. The maximum atomic E-state index is 12.7. The van der Waals surface area contributed by atoms with E-state index in [4.69, 9.17) is 0 Å². The Morgan fingerprint density at radius 2 is 1.38 bits per heavy atom. The molecule has 6 rings (SSSR count). The van der Waals surface area contributed by atoms with E-state index in [2.05, 4.69) is 0 Å². The van der Waals surface area contributed by atoms with Crippen LogP contribution in [-0.2, 0) is 6.18 Å². The smallest absolute Gasteiger partial charge is 0.416 e. The van der Waals surface area contributed by atoms with Crippen LogP contribution in [0.25, 0.3) is 5.69 Å². The number of rotatable bonds is 1. The Labute approximate surface area is 136 Å². The van der Waals surface area contributed by atoms with Gasteiger partial charge >= 0.3 is 6.18 Å². The van der Waals surface area contributed by atoms with Crippen LogP contribution < -0.4 is 0 Å². The second-order valence-corrected chi connectivity index (χ2v) is 7.21. The van der Waals surface area contributed by atoms with Gasteiger partial charge in [-0.1, -0.05) is 0 Å². The molecule has 3 nitrogen and oxygen atoms in total. The molecule has 0 saturated heterocycles. The molecule has 6 heteroatoms. The summed E-state index contributed by atoms with van der Waals surface area (Å²) in [6.45, 7) is 0. The Morgan fingerprint density at radius 3 is 1.83 bits per heavy atom. The Morgan fingerprint density at radius 1 is 0.875 bits per heavy atom. The molecule has 1 heterocycles. The SMILES string of the molecule is Oc1c2c(c(O)n1-c1ccc(C(F)(F)F)cc1)[C@@H]1CC[C@H]2[C@H]2C[C@H]21. The van der Waals surface area contributed by atoms with Crippen molar-refractivity contribution >= 4 is 0 Å². The molecule has 0 radical (unpaired) electrons. The van der Waals surface area contributed by atoms with Crippen molar-refractivity contribution in [3.8, 4) is 17.4 Å². The summed E-state index contributed by atoms with van der Waals surface area (Å²) in [5.74, 6) is 1.73. The summed E-state index contributed by atoms with van der Waals surface area (Å²) in [7, 11) is 0. The predicted molar refractivity (Wildman–Crippen MR) is 80.4 cm³/mol. The quantitative estimate of drug-likeness (QED) is 0.805. The zero-order valence-electron chi connectivity index (χ0n) is 12.7. The van der Waals surface area contributed by atoms with Gasteiger partial charge in [0.05, 0.1) is 11.3 Å². The van der Waals surface area contributed by atoms with E-state index in [1.807, 2.05) is 0 Å². The highest BCUT2D eigenvalue weighted by Crippen LogP contribution is 2.70. The molecule has 126 valence electrons. The zero-order chi connectivity index (χ0) is 16.8. The summed E-state index contributed by atoms with van der Waals surface area (Å²) >= 11 is 0. The average molecular weight is 335 g/mol. The molecule has 2 N–H and O–H groups in total. The number of alkyl halides is 3. The maximum absolute atomic E-state index is 12.7. The van der Waals surface area contributed by atoms with Gasteiger partial charge in [-0.25, -0.2) is 0 Å². The molecule has 2 saturated carbocycles. The molecule has 1 aromatic heterocycles. The Kier molecular flexibility index (Phi) is 2.55. The number of aromatic nitrogens is 1. The first kappa shape index (κ1) is 14.3. The molecule has 2 bridgehead atoms. The highest BCUT2D eigenvalue weighted by molar-refractivity contribution is 5.59. The second kappa shape index (κ2) is 4.29. The van der Waals surface area contributed by atoms with Crippen LogP contribution in [0, 0.1) is 11.8 Å². The first-order chi connectivity index (χ1) is 11.4. The molecule has 0 unspecified atom stereocenters. The fourth-order valence-electron chi connectivity index (χ4n) is 5.02. The number of benzene rings is 1. The van der Waals surface area contributed by atoms with Crippen molar-refractivity contribution in [3.63, 3.8) is 0 Å². The summed E-state index contributed by atoms with van der Waals surface area (Å²) in [6.07, 6.45) is -1.21. The monoisotopic (exact) mass is 335 g/mol. The summed E-state index contributed by atoms with van der Waals surface area (Å²) in [6, 6.07) is 4.52. The van der Waals surface area contributed by atoms with Gasteiger partial charge in [0.15, 0.2) is 0 Å². The molecule has 4 aliphatic rings. The topological polar surface area (TPSA) is 45.4 Å². The van der Waals surface area contributed by atoms with Crippen molar-refractivity contribution in [2.45, 2.75) is 37.3 Å². The molecule has 2 fully saturated rings. The van der Waals surface area contributed by atoms with Crippen LogP contribution in [-0.4, -0.2) is 14.8 Å². The van der Waals surface area contributed by atoms with E-state index >= 15 is 0 Å². The predicted octanol–water partition coefficient (Wildman–Crippen LogP) is 4.52. The van der Waals surface area contributed by atoms with Crippen molar-refractivity contribution < 1.29 is 23.4 Å². The fourth-order valence-corrected chi connectivity index (χ4v) is 5.02. The van der Waals surface area contributed by atoms with Crippen LogP contribution in [0.4, 0.5) is 13.2 Å². The summed E-state index contributed by atoms with van der Waals surface area (Å²) in [5.41, 5.74) is 1.24. The van der Waals surface area contributed by atoms with E-state index in [0.29, 0.717) is 17.5 Å². The Bertz CT molecular complexity index is 798. The van der Waals surface area contributed by atoms with Gasteiger partial charge in [0, 0.05) is 11.1 Å². The molecule has 0 amide bonds. The van der Waals surface area contributed by atoms with Gasteiger partial charge in [-0.2, -0.15) is 13.2 Å². The first-order valence-electron chi connectivity index (χ1n) is 8.22. The number of halogens is 3. The van der Waals surface area contributed by atoms with E-state index < -0.39 is 11.7 Å². The van der Waals surface area contributed by atoms with Gasteiger partial charge in [0.1, 0.15) is 0 Å². The summed E-state index contributed by atoms with van der Waals surface area (Å²) in [5, 5.41) is 21.4. The van der Waals surface area contributed by atoms with Crippen molar-refractivity contribution in [2.75, 3.05) is 0 Å². The lowest BCUT2D eigenvalue weighted by Gasteiger charge is -2.35.